The molecule has 154 valence electrons. The van der Waals surface area contributed by atoms with E-state index in [-0.39, 0.29) is 30.9 Å². The highest BCUT2D eigenvalue weighted by Gasteiger charge is 2.24. The van der Waals surface area contributed by atoms with Gasteiger partial charge in [-0.1, -0.05) is 29.8 Å². The lowest BCUT2D eigenvalue weighted by Crippen LogP contribution is -2.40. The number of carbonyl (C=O) groups excluding carboxylic acids is 2. The van der Waals surface area contributed by atoms with E-state index in [9.17, 15) is 9.59 Å². The third-order valence-corrected chi connectivity index (χ3v) is 5.31. The Hall–Kier alpha value is -2.53. The summed E-state index contributed by atoms with van der Waals surface area (Å²) in [5.41, 5.74) is 0. The molecule has 5 nitrogen and oxygen atoms in total. The van der Waals surface area contributed by atoms with Gasteiger partial charge in [-0.2, -0.15) is 0 Å². The number of amides is 1. The standard InChI is InChI=1S/C23H26ClNO4/c24-18-8-12-22(13-9-18)29-16-23(27)25-19-10-6-17(7-11-19)14-20(26)15-28-21-4-2-1-3-5-21/h1-5,8-9,12-13,17,19H,6-7,10-11,14-16H2,(H,25,27). The van der Waals surface area contributed by atoms with E-state index in [0.29, 0.717) is 28.9 Å². The van der Waals surface area contributed by atoms with Crippen LogP contribution in [0.5, 0.6) is 11.5 Å². The Morgan fingerprint density at radius 2 is 1.48 bits per heavy atom. The second-order valence-electron chi connectivity index (χ2n) is 7.37. The quantitative estimate of drug-likeness (QED) is 0.657. The fourth-order valence-electron chi connectivity index (χ4n) is 3.52. The maximum absolute atomic E-state index is 12.2. The Kier molecular flexibility index (Phi) is 7.94. The van der Waals surface area contributed by atoms with Crippen molar-refractivity contribution in [1.29, 1.82) is 0 Å². The van der Waals surface area contributed by atoms with E-state index < -0.39 is 0 Å². The molecule has 0 bridgehead atoms. The van der Waals surface area contributed by atoms with E-state index in [1.54, 1.807) is 24.3 Å². The molecule has 0 spiro atoms. The lowest BCUT2D eigenvalue weighted by Gasteiger charge is -2.28. The van der Waals surface area contributed by atoms with Gasteiger partial charge in [-0.25, -0.2) is 0 Å². The van der Waals surface area contributed by atoms with Crippen LogP contribution in [0.25, 0.3) is 0 Å². The predicted octanol–water partition coefficient (Wildman–Crippen LogP) is 4.43. The van der Waals surface area contributed by atoms with Gasteiger partial charge in [-0.05, 0) is 68.0 Å². The smallest absolute Gasteiger partial charge is 0.258 e. The predicted molar refractivity (Wildman–Crippen MR) is 112 cm³/mol. The summed E-state index contributed by atoms with van der Waals surface area (Å²) in [7, 11) is 0. The molecular formula is C23H26ClNO4. The normalized spacial score (nSPS) is 18.7. The molecule has 29 heavy (non-hydrogen) atoms. The fourth-order valence-corrected chi connectivity index (χ4v) is 3.65. The van der Waals surface area contributed by atoms with E-state index in [0.717, 1.165) is 25.7 Å². The summed E-state index contributed by atoms with van der Waals surface area (Å²) in [5.74, 6) is 1.69. The first kappa shape index (κ1) is 21.2. The number of rotatable bonds is 9. The summed E-state index contributed by atoms with van der Waals surface area (Å²) < 4.78 is 11.0. The lowest BCUT2D eigenvalue weighted by molar-refractivity contribution is -0.125. The summed E-state index contributed by atoms with van der Waals surface area (Å²) >= 11 is 5.83. The molecule has 0 unspecified atom stereocenters. The van der Waals surface area contributed by atoms with Crippen molar-refractivity contribution in [1.82, 2.24) is 5.32 Å². The van der Waals surface area contributed by atoms with Gasteiger partial charge in [0.15, 0.2) is 12.4 Å². The molecule has 1 aliphatic carbocycles. The average Bonchev–Trinajstić information content (AvgIpc) is 2.74. The second-order valence-corrected chi connectivity index (χ2v) is 7.81. The minimum Gasteiger partial charge on any atom is -0.486 e. The summed E-state index contributed by atoms with van der Waals surface area (Å²) in [6.45, 7) is 0.0968. The highest BCUT2D eigenvalue weighted by molar-refractivity contribution is 6.30. The van der Waals surface area contributed by atoms with Gasteiger partial charge in [0.25, 0.3) is 5.91 Å². The van der Waals surface area contributed by atoms with Gasteiger partial charge in [-0.3, -0.25) is 9.59 Å². The maximum atomic E-state index is 12.2. The van der Waals surface area contributed by atoms with Gasteiger partial charge in [0.05, 0.1) is 0 Å². The highest BCUT2D eigenvalue weighted by Crippen LogP contribution is 2.27. The molecule has 0 aliphatic heterocycles. The highest BCUT2D eigenvalue weighted by atomic mass is 35.5. The van der Waals surface area contributed by atoms with Crippen LogP contribution in [0.4, 0.5) is 0 Å². The summed E-state index contributed by atoms with van der Waals surface area (Å²) in [6.07, 6.45) is 4.15. The van der Waals surface area contributed by atoms with E-state index in [4.69, 9.17) is 21.1 Å². The first-order chi connectivity index (χ1) is 14.1. The topological polar surface area (TPSA) is 64.6 Å². The van der Waals surface area contributed by atoms with Crippen molar-refractivity contribution < 1.29 is 19.1 Å². The van der Waals surface area contributed by atoms with Crippen LogP contribution < -0.4 is 14.8 Å². The van der Waals surface area contributed by atoms with Gasteiger partial charge in [0.1, 0.15) is 18.1 Å². The molecule has 1 amide bonds. The number of ether oxygens (including phenoxy) is 2. The van der Waals surface area contributed by atoms with Crippen LogP contribution in [0.15, 0.2) is 54.6 Å². The van der Waals surface area contributed by atoms with Gasteiger partial charge in [0, 0.05) is 17.5 Å². The number of nitrogens with one attached hydrogen (secondary N) is 1. The van der Waals surface area contributed by atoms with Crippen molar-refractivity contribution in [2.24, 2.45) is 5.92 Å². The zero-order valence-corrected chi connectivity index (χ0v) is 17.1. The largest absolute Gasteiger partial charge is 0.486 e. The van der Waals surface area contributed by atoms with Crippen LogP contribution in [0.3, 0.4) is 0 Å². The molecule has 6 heteroatoms. The van der Waals surface area contributed by atoms with E-state index in [1.165, 1.54) is 0 Å². The Bertz CT molecular complexity index is 786. The number of para-hydroxylation sites is 1. The number of Topliss-reactive ketones (excluding diaryl/α,β-unsaturated/α-hetero) is 1. The zero-order valence-electron chi connectivity index (χ0n) is 16.3. The molecule has 2 aromatic rings. The molecule has 0 radical (unpaired) electrons. The van der Waals surface area contributed by atoms with Crippen LogP contribution in [-0.2, 0) is 9.59 Å². The van der Waals surface area contributed by atoms with E-state index >= 15 is 0 Å². The van der Waals surface area contributed by atoms with Crippen molar-refractivity contribution >= 4 is 23.3 Å². The lowest BCUT2D eigenvalue weighted by atomic mass is 9.83. The Morgan fingerprint density at radius 3 is 2.17 bits per heavy atom. The molecule has 2 aromatic carbocycles. The third kappa shape index (κ3) is 7.42. The summed E-state index contributed by atoms with van der Waals surface area (Å²) in [5, 5.41) is 3.65. The molecule has 1 saturated carbocycles. The van der Waals surface area contributed by atoms with Crippen LogP contribution in [0.2, 0.25) is 5.02 Å². The van der Waals surface area contributed by atoms with Gasteiger partial charge < -0.3 is 14.8 Å². The van der Waals surface area contributed by atoms with Crippen molar-refractivity contribution in [2.75, 3.05) is 13.2 Å². The number of carbonyl (C=O) groups is 2. The van der Waals surface area contributed by atoms with Gasteiger partial charge >= 0.3 is 0 Å². The van der Waals surface area contributed by atoms with Crippen molar-refractivity contribution in [2.45, 2.75) is 38.1 Å². The number of hydrogen-bond acceptors (Lipinski definition) is 4. The van der Waals surface area contributed by atoms with E-state index in [2.05, 4.69) is 5.32 Å². The molecule has 1 fully saturated rings. The summed E-state index contributed by atoms with van der Waals surface area (Å²) in [6, 6.07) is 16.4. The van der Waals surface area contributed by atoms with Crippen molar-refractivity contribution in [3.63, 3.8) is 0 Å². The number of hydrogen-bond donors (Lipinski definition) is 1. The van der Waals surface area contributed by atoms with Crippen LogP contribution >= 0.6 is 11.6 Å². The van der Waals surface area contributed by atoms with Crippen molar-refractivity contribution in [3.05, 3.63) is 59.6 Å². The molecule has 1 aliphatic rings. The molecule has 0 atom stereocenters. The van der Waals surface area contributed by atoms with Crippen LogP contribution in [0.1, 0.15) is 32.1 Å². The number of halogens is 1. The van der Waals surface area contributed by atoms with Gasteiger partial charge in [-0.15, -0.1) is 0 Å². The SMILES string of the molecule is O=C(COc1ccccc1)CC1CCC(NC(=O)COc2ccc(Cl)cc2)CC1. The molecule has 3 rings (SSSR count). The first-order valence-electron chi connectivity index (χ1n) is 9.96. The molecule has 0 saturated heterocycles. The molecular weight excluding hydrogens is 390 g/mol. The number of ketones is 1. The zero-order chi connectivity index (χ0) is 20.5. The Labute approximate surface area is 176 Å². The van der Waals surface area contributed by atoms with Crippen LogP contribution in [-0.4, -0.2) is 30.9 Å². The third-order valence-electron chi connectivity index (χ3n) is 5.05. The van der Waals surface area contributed by atoms with E-state index in [1.807, 2.05) is 30.3 Å². The molecule has 0 aromatic heterocycles. The fraction of sp³-hybridized carbons (Fsp3) is 0.391. The van der Waals surface area contributed by atoms with Crippen LogP contribution in [0, 0.1) is 5.92 Å². The monoisotopic (exact) mass is 415 g/mol. The van der Waals surface area contributed by atoms with Gasteiger partial charge in [0.2, 0.25) is 0 Å². The second kappa shape index (κ2) is 10.9. The Morgan fingerprint density at radius 1 is 0.862 bits per heavy atom. The minimum absolute atomic E-state index is 0.0170. The number of benzene rings is 2. The first-order valence-corrected chi connectivity index (χ1v) is 10.3. The summed E-state index contributed by atoms with van der Waals surface area (Å²) in [4.78, 5) is 24.3. The Balaban J connectivity index is 1.30. The average molecular weight is 416 g/mol. The molecule has 1 N–H and O–H groups in total. The molecule has 0 heterocycles. The van der Waals surface area contributed by atoms with Crippen molar-refractivity contribution in [3.8, 4) is 11.5 Å². The minimum atomic E-state index is -0.129. The maximum Gasteiger partial charge on any atom is 0.258 e.